The maximum Gasteiger partial charge on any atom is 0.402 e. The molecule has 0 radical (unpaired) electrons. The van der Waals surface area contributed by atoms with E-state index in [-0.39, 0.29) is 6.42 Å². The summed E-state index contributed by atoms with van der Waals surface area (Å²) < 4.78 is 120. The summed E-state index contributed by atoms with van der Waals surface area (Å²) in [6.07, 6.45) is -5.27. The van der Waals surface area contributed by atoms with Crippen molar-refractivity contribution in [2.75, 3.05) is 26.2 Å². The second-order valence-corrected chi connectivity index (χ2v) is 7.45. The van der Waals surface area contributed by atoms with Crippen molar-refractivity contribution in [2.45, 2.75) is 70.7 Å². The van der Waals surface area contributed by atoms with Crippen LogP contribution in [0.1, 0.15) is 47.5 Å². The SMILES string of the molecule is CCCC(F)C(F)(F)C(F)(F)C(F)(F)S(=O)(=O)[O-].CC[N+](CC)(CC)CC. The number of rotatable bonds is 10. The predicted molar refractivity (Wildman–Crippen MR) is 86.8 cm³/mol. The minimum Gasteiger partial charge on any atom is -0.743 e. The Hall–Kier alpha value is -0.620. The third-order valence-corrected chi connectivity index (χ3v) is 5.60. The molecular formula is C15H28F7NO3S. The molecule has 0 fully saturated rings. The Balaban J connectivity index is 0. The Bertz CT molecular complexity index is 520. The minimum absolute atomic E-state index is 0.372. The first kappa shape index (κ1) is 28.6. The molecule has 27 heavy (non-hydrogen) atoms. The molecule has 0 aliphatic carbocycles. The standard InChI is InChI=1S/C8H20N.C7H9F7O3S/c1-5-9(6-2,7-3)8-4;1-2-3-4(8)5(9,10)6(11,12)7(13,14)18(15,16)17/h5-8H2,1-4H3;4H,2-3H2,1H3,(H,15,16,17)/q+1;/p-1. The molecule has 0 aromatic rings. The quantitative estimate of drug-likeness (QED) is 0.290. The zero-order chi connectivity index (χ0) is 22.3. The molecule has 0 aromatic carbocycles. The van der Waals surface area contributed by atoms with Gasteiger partial charge in [-0.3, -0.25) is 0 Å². The minimum atomic E-state index is -7.07. The molecule has 1 atom stereocenters. The van der Waals surface area contributed by atoms with Crippen molar-refractivity contribution < 1.29 is 48.2 Å². The summed E-state index contributed by atoms with van der Waals surface area (Å²) >= 11 is 0. The van der Waals surface area contributed by atoms with Crippen LogP contribution in [0.3, 0.4) is 0 Å². The van der Waals surface area contributed by atoms with E-state index in [0.717, 1.165) is 6.92 Å². The van der Waals surface area contributed by atoms with E-state index in [1.165, 1.54) is 30.7 Å². The van der Waals surface area contributed by atoms with Gasteiger partial charge in [-0.1, -0.05) is 13.3 Å². The average Bonchev–Trinajstić information content (AvgIpc) is 2.57. The average molecular weight is 435 g/mol. The summed E-state index contributed by atoms with van der Waals surface area (Å²) in [5, 5.41) is -6.61. The lowest BCUT2D eigenvalue weighted by molar-refractivity contribution is -0.921. The van der Waals surface area contributed by atoms with Gasteiger partial charge in [-0.25, -0.2) is 12.8 Å². The molecule has 0 amide bonds. The third kappa shape index (κ3) is 6.18. The first-order valence-corrected chi connectivity index (χ1v) is 9.96. The van der Waals surface area contributed by atoms with Crippen LogP contribution in [0.25, 0.3) is 0 Å². The Labute approximate surface area is 156 Å². The summed E-state index contributed by atoms with van der Waals surface area (Å²) in [4.78, 5) is 0. The molecule has 0 aliphatic heterocycles. The third-order valence-electron chi connectivity index (χ3n) is 4.72. The van der Waals surface area contributed by atoms with Gasteiger partial charge in [-0.05, 0) is 34.1 Å². The summed E-state index contributed by atoms with van der Waals surface area (Å²) in [6.45, 7) is 15.3. The summed E-state index contributed by atoms with van der Waals surface area (Å²) in [5.74, 6) is -12.6. The highest BCUT2D eigenvalue weighted by atomic mass is 32.2. The second kappa shape index (κ2) is 10.2. The Morgan fingerprint density at radius 2 is 1.19 bits per heavy atom. The van der Waals surface area contributed by atoms with Crippen LogP contribution in [-0.4, -0.2) is 66.9 Å². The number of alkyl halides is 7. The van der Waals surface area contributed by atoms with E-state index in [1.807, 2.05) is 0 Å². The maximum absolute atomic E-state index is 12.8. The molecule has 0 rings (SSSR count). The molecular weight excluding hydrogens is 407 g/mol. The van der Waals surface area contributed by atoms with Gasteiger partial charge >= 0.3 is 17.1 Å². The molecule has 0 spiro atoms. The fourth-order valence-electron chi connectivity index (χ4n) is 2.32. The smallest absolute Gasteiger partial charge is 0.402 e. The molecule has 1 unspecified atom stereocenters. The second-order valence-electron chi connectivity index (χ2n) is 6.03. The largest absolute Gasteiger partial charge is 0.743 e. The number of quaternary nitrogens is 1. The van der Waals surface area contributed by atoms with E-state index < -0.39 is 39.8 Å². The summed E-state index contributed by atoms with van der Waals surface area (Å²) in [7, 11) is -7.07. The lowest BCUT2D eigenvalue weighted by Gasteiger charge is -2.35. The van der Waals surface area contributed by atoms with Gasteiger partial charge in [-0.15, -0.1) is 0 Å². The van der Waals surface area contributed by atoms with Crippen molar-refractivity contribution in [1.82, 2.24) is 0 Å². The highest BCUT2D eigenvalue weighted by Gasteiger charge is 2.77. The van der Waals surface area contributed by atoms with E-state index in [1.54, 1.807) is 0 Å². The molecule has 4 nitrogen and oxygen atoms in total. The van der Waals surface area contributed by atoms with E-state index in [0.29, 0.717) is 0 Å². The normalized spacial score (nSPS) is 15.1. The van der Waals surface area contributed by atoms with E-state index in [9.17, 15) is 43.7 Å². The number of halogens is 7. The number of nitrogens with zero attached hydrogens (tertiary/aromatic N) is 1. The molecule has 12 heteroatoms. The fourth-order valence-corrected chi connectivity index (χ4v) is 2.77. The Morgan fingerprint density at radius 3 is 1.37 bits per heavy atom. The monoisotopic (exact) mass is 435 g/mol. The van der Waals surface area contributed by atoms with E-state index in [2.05, 4.69) is 27.7 Å². The summed E-state index contributed by atoms with van der Waals surface area (Å²) in [5.41, 5.74) is 0. The van der Waals surface area contributed by atoms with Crippen LogP contribution in [0.2, 0.25) is 0 Å². The van der Waals surface area contributed by atoms with Crippen molar-refractivity contribution in [2.24, 2.45) is 0 Å². The van der Waals surface area contributed by atoms with Gasteiger partial charge in [0.1, 0.15) is 0 Å². The van der Waals surface area contributed by atoms with Gasteiger partial charge in [-0.2, -0.15) is 26.3 Å². The van der Waals surface area contributed by atoms with Crippen LogP contribution < -0.4 is 0 Å². The zero-order valence-electron chi connectivity index (χ0n) is 16.0. The topological polar surface area (TPSA) is 57.2 Å². The van der Waals surface area contributed by atoms with Crippen molar-refractivity contribution >= 4 is 10.1 Å². The van der Waals surface area contributed by atoms with Gasteiger partial charge in [0.2, 0.25) is 0 Å². The van der Waals surface area contributed by atoms with E-state index in [4.69, 9.17) is 0 Å². The Morgan fingerprint density at radius 1 is 0.852 bits per heavy atom. The van der Waals surface area contributed by atoms with Crippen molar-refractivity contribution in [3.63, 3.8) is 0 Å². The van der Waals surface area contributed by atoms with Crippen molar-refractivity contribution in [3.8, 4) is 0 Å². The van der Waals surface area contributed by atoms with Gasteiger partial charge in [0, 0.05) is 0 Å². The highest BCUT2D eigenvalue weighted by molar-refractivity contribution is 7.86. The molecule has 0 aliphatic rings. The molecule has 0 aromatic heterocycles. The lowest BCUT2D eigenvalue weighted by atomic mass is 10.0. The molecule has 0 bridgehead atoms. The van der Waals surface area contributed by atoms with Crippen LogP contribution in [0.15, 0.2) is 0 Å². The van der Waals surface area contributed by atoms with Crippen LogP contribution in [0.4, 0.5) is 30.7 Å². The fraction of sp³-hybridized carbons (Fsp3) is 1.00. The first-order valence-electron chi connectivity index (χ1n) is 8.55. The maximum atomic E-state index is 12.8. The molecule has 0 N–H and O–H groups in total. The number of hydrogen-bond donors (Lipinski definition) is 0. The first-order chi connectivity index (χ1) is 12.0. The van der Waals surface area contributed by atoms with Gasteiger partial charge in [0.05, 0.1) is 26.2 Å². The lowest BCUT2D eigenvalue weighted by Crippen LogP contribution is -2.61. The van der Waals surface area contributed by atoms with Crippen LogP contribution in [0, 0.1) is 0 Å². The molecule has 0 saturated carbocycles. The summed E-state index contributed by atoms with van der Waals surface area (Å²) in [6, 6.07) is 0. The van der Waals surface area contributed by atoms with Crippen molar-refractivity contribution in [1.29, 1.82) is 0 Å². The molecule has 0 heterocycles. The van der Waals surface area contributed by atoms with Crippen molar-refractivity contribution in [3.05, 3.63) is 0 Å². The Kier molecular flexibility index (Phi) is 10.8. The zero-order valence-corrected chi connectivity index (χ0v) is 16.9. The highest BCUT2D eigenvalue weighted by Crippen LogP contribution is 2.50. The van der Waals surface area contributed by atoms with Gasteiger partial charge < -0.3 is 9.04 Å². The number of hydrogen-bond acceptors (Lipinski definition) is 3. The van der Waals surface area contributed by atoms with Crippen LogP contribution in [0.5, 0.6) is 0 Å². The molecule has 0 saturated heterocycles. The molecule has 166 valence electrons. The van der Waals surface area contributed by atoms with Gasteiger partial charge in [0.25, 0.3) is 0 Å². The van der Waals surface area contributed by atoms with Gasteiger partial charge in [0.15, 0.2) is 16.3 Å². The van der Waals surface area contributed by atoms with E-state index >= 15 is 0 Å². The predicted octanol–water partition coefficient (Wildman–Crippen LogP) is 4.42. The van der Waals surface area contributed by atoms with Crippen LogP contribution in [-0.2, 0) is 10.1 Å². The van der Waals surface area contributed by atoms with Crippen LogP contribution >= 0.6 is 0 Å².